The van der Waals surface area contributed by atoms with E-state index in [-0.39, 0.29) is 31.8 Å². The molecule has 8 nitrogen and oxygen atoms in total. The van der Waals surface area contributed by atoms with E-state index in [0.29, 0.717) is 33.0 Å². The van der Waals surface area contributed by atoms with Crippen LogP contribution in [-0.2, 0) is 38.0 Å². The van der Waals surface area contributed by atoms with Gasteiger partial charge in [-0.2, -0.15) is 0 Å². The zero-order valence-corrected chi connectivity index (χ0v) is 16.4. The minimum Gasteiger partial charge on any atom is -0.460 e. The van der Waals surface area contributed by atoms with Crippen LogP contribution in [0.5, 0.6) is 0 Å². The lowest BCUT2D eigenvalue weighted by molar-refractivity contribution is -0.141. The first-order valence-electron chi connectivity index (χ1n) is 8.84. The molecule has 0 aliphatic rings. The first-order chi connectivity index (χ1) is 13.0. The van der Waals surface area contributed by atoms with Gasteiger partial charge in [0, 0.05) is 24.7 Å². The molecule has 156 valence electrons. The van der Waals surface area contributed by atoms with Crippen LogP contribution in [0.2, 0.25) is 0 Å². The van der Waals surface area contributed by atoms with Gasteiger partial charge in [-0.15, -0.1) is 0 Å². The van der Waals surface area contributed by atoms with Gasteiger partial charge in [-0.05, 0) is 6.42 Å². The number of rotatable bonds is 18. The molecule has 0 unspecified atom stereocenters. The molecule has 0 atom stereocenters. The van der Waals surface area contributed by atoms with E-state index >= 15 is 0 Å². The highest BCUT2D eigenvalue weighted by atomic mass is 16.6. The van der Waals surface area contributed by atoms with Crippen LogP contribution in [0.1, 0.15) is 13.3 Å². The Kier molecular flexibility index (Phi) is 15.4. The molecule has 0 saturated heterocycles. The van der Waals surface area contributed by atoms with Gasteiger partial charge in [0.25, 0.3) is 0 Å². The number of hydrogen-bond acceptors (Lipinski definition) is 8. The quantitative estimate of drug-likeness (QED) is 0.198. The van der Waals surface area contributed by atoms with Crippen molar-refractivity contribution in [3.8, 4) is 0 Å². The summed E-state index contributed by atoms with van der Waals surface area (Å²) in [5.41, 5.74) is -0.376. The van der Waals surface area contributed by atoms with Crippen molar-refractivity contribution in [2.24, 2.45) is 5.41 Å². The summed E-state index contributed by atoms with van der Waals surface area (Å²) in [6.45, 7) is 11.6. The number of carbonyl (C=O) groups excluding carboxylic acids is 2. The van der Waals surface area contributed by atoms with Gasteiger partial charge in [0.15, 0.2) is 0 Å². The molecule has 0 fully saturated rings. The van der Waals surface area contributed by atoms with Crippen LogP contribution in [0.3, 0.4) is 0 Å². The lowest BCUT2D eigenvalue weighted by atomic mass is 9.88. The van der Waals surface area contributed by atoms with Crippen LogP contribution in [-0.4, -0.2) is 78.5 Å². The summed E-state index contributed by atoms with van der Waals surface area (Å²) in [5, 5.41) is 0. The van der Waals surface area contributed by atoms with Gasteiger partial charge in [-0.3, -0.25) is 0 Å². The first kappa shape index (κ1) is 25.3. The first-order valence-corrected chi connectivity index (χ1v) is 8.84. The SMILES string of the molecule is C=CC(=O)OCCOCC(CC)(COCCOC)COCCOC(=O)C=C. The average Bonchev–Trinajstić information content (AvgIpc) is 2.69. The largest absolute Gasteiger partial charge is 0.460 e. The molecule has 0 heterocycles. The van der Waals surface area contributed by atoms with Crippen molar-refractivity contribution in [3.63, 3.8) is 0 Å². The molecule has 0 spiro atoms. The monoisotopic (exact) mass is 388 g/mol. The van der Waals surface area contributed by atoms with Crippen LogP contribution in [0.15, 0.2) is 25.3 Å². The van der Waals surface area contributed by atoms with Gasteiger partial charge < -0.3 is 28.4 Å². The average molecular weight is 388 g/mol. The van der Waals surface area contributed by atoms with Crippen molar-refractivity contribution in [1.82, 2.24) is 0 Å². The Morgan fingerprint density at radius 1 is 0.778 bits per heavy atom. The van der Waals surface area contributed by atoms with Crippen LogP contribution in [0.4, 0.5) is 0 Å². The van der Waals surface area contributed by atoms with Gasteiger partial charge in [-0.25, -0.2) is 9.59 Å². The second-order valence-electron chi connectivity index (χ2n) is 5.75. The standard InChI is InChI=1S/C19H32O8/c1-5-17(20)26-12-10-24-15-19(7-3,14-23-9-8-22-4)16-25-11-13-27-18(21)6-2/h5-6H,1-2,7-16H2,3-4H3. The van der Waals surface area contributed by atoms with E-state index in [2.05, 4.69) is 13.2 Å². The lowest BCUT2D eigenvalue weighted by Gasteiger charge is -2.32. The number of esters is 2. The molecule has 27 heavy (non-hydrogen) atoms. The van der Waals surface area contributed by atoms with Crippen molar-refractivity contribution in [2.45, 2.75) is 13.3 Å². The Morgan fingerprint density at radius 3 is 1.52 bits per heavy atom. The molecule has 0 saturated carbocycles. The molecule has 8 heteroatoms. The van der Waals surface area contributed by atoms with Crippen molar-refractivity contribution >= 4 is 11.9 Å². The van der Waals surface area contributed by atoms with Gasteiger partial charge in [0.2, 0.25) is 0 Å². The smallest absolute Gasteiger partial charge is 0.330 e. The highest BCUT2D eigenvalue weighted by Crippen LogP contribution is 2.24. The topological polar surface area (TPSA) is 89.5 Å². The van der Waals surface area contributed by atoms with Gasteiger partial charge in [0.05, 0.1) is 46.2 Å². The third kappa shape index (κ3) is 13.1. The Bertz CT molecular complexity index is 405. The molecule has 0 rings (SSSR count). The van der Waals surface area contributed by atoms with Crippen LogP contribution < -0.4 is 0 Å². The van der Waals surface area contributed by atoms with Gasteiger partial charge in [-0.1, -0.05) is 20.1 Å². The summed E-state index contributed by atoms with van der Waals surface area (Å²) in [4.78, 5) is 22.0. The third-order valence-corrected chi connectivity index (χ3v) is 3.68. The predicted octanol–water partition coefficient (Wildman–Crippen LogP) is 1.54. The van der Waals surface area contributed by atoms with Gasteiger partial charge >= 0.3 is 11.9 Å². The highest BCUT2D eigenvalue weighted by Gasteiger charge is 2.30. The molecule has 0 aliphatic heterocycles. The van der Waals surface area contributed by atoms with Crippen molar-refractivity contribution in [1.29, 1.82) is 0 Å². The molecule has 0 N–H and O–H groups in total. The molecule has 0 amide bonds. The number of methoxy groups -OCH3 is 1. The number of hydrogen-bond donors (Lipinski definition) is 0. The maximum atomic E-state index is 11.0. The van der Waals surface area contributed by atoms with Crippen LogP contribution >= 0.6 is 0 Å². The molecule has 0 aromatic rings. The minimum atomic E-state index is -0.486. The third-order valence-electron chi connectivity index (χ3n) is 3.68. The zero-order valence-electron chi connectivity index (χ0n) is 16.4. The number of carbonyl (C=O) groups is 2. The molecule has 0 radical (unpaired) electrons. The highest BCUT2D eigenvalue weighted by molar-refractivity contribution is 5.81. The normalized spacial score (nSPS) is 11.0. The molecule has 0 aliphatic carbocycles. The predicted molar refractivity (Wildman–Crippen MR) is 99.4 cm³/mol. The lowest BCUT2D eigenvalue weighted by Crippen LogP contribution is -2.38. The fourth-order valence-electron chi connectivity index (χ4n) is 1.96. The Labute approximate surface area is 161 Å². The van der Waals surface area contributed by atoms with E-state index in [0.717, 1.165) is 18.6 Å². The van der Waals surface area contributed by atoms with Crippen LogP contribution in [0.25, 0.3) is 0 Å². The van der Waals surface area contributed by atoms with E-state index in [1.54, 1.807) is 7.11 Å². The minimum absolute atomic E-state index is 0.146. The van der Waals surface area contributed by atoms with Crippen molar-refractivity contribution < 1.29 is 38.0 Å². The fraction of sp³-hybridized carbons (Fsp3) is 0.684. The maximum Gasteiger partial charge on any atom is 0.330 e. The van der Waals surface area contributed by atoms with E-state index in [1.807, 2.05) is 6.92 Å². The molecular weight excluding hydrogens is 356 g/mol. The summed E-state index contributed by atoms with van der Waals surface area (Å²) < 4.78 is 31.7. The molecule has 0 bridgehead atoms. The summed E-state index contributed by atoms with van der Waals surface area (Å²) in [6, 6.07) is 0. The van der Waals surface area contributed by atoms with Crippen LogP contribution in [0, 0.1) is 5.41 Å². The molecule has 0 aromatic heterocycles. The van der Waals surface area contributed by atoms with E-state index in [4.69, 9.17) is 28.4 Å². The zero-order chi connectivity index (χ0) is 20.4. The van der Waals surface area contributed by atoms with E-state index in [9.17, 15) is 9.59 Å². The summed E-state index contributed by atoms with van der Waals surface area (Å²) >= 11 is 0. The number of ether oxygens (including phenoxy) is 6. The van der Waals surface area contributed by atoms with E-state index in [1.165, 1.54) is 0 Å². The Balaban J connectivity index is 4.39. The summed E-state index contributed by atoms with van der Waals surface area (Å²) in [5.74, 6) is -0.971. The van der Waals surface area contributed by atoms with E-state index < -0.39 is 11.9 Å². The Hall–Kier alpha value is -1.74. The second kappa shape index (κ2) is 16.4. The van der Waals surface area contributed by atoms with Crippen molar-refractivity contribution in [2.75, 3.05) is 66.6 Å². The summed E-state index contributed by atoms with van der Waals surface area (Å²) in [7, 11) is 1.61. The maximum absolute atomic E-state index is 11.0. The fourth-order valence-corrected chi connectivity index (χ4v) is 1.96. The molecular formula is C19H32O8. The second-order valence-corrected chi connectivity index (χ2v) is 5.75. The van der Waals surface area contributed by atoms with Gasteiger partial charge in [0.1, 0.15) is 13.2 Å². The summed E-state index contributed by atoms with van der Waals surface area (Å²) in [6.07, 6.45) is 2.96. The van der Waals surface area contributed by atoms with Crippen molar-refractivity contribution in [3.05, 3.63) is 25.3 Å². The Morgan fingerprint density at radius 2 is 1.19 bits per heavy atom. The molecule has 0 aromatic carbocycles.